The molecule has 1 fully saturated rings. The molecular formula is C22H17N2O5S-. The molecule has 1 saturated heterocycles. The van der Waals surface area contributed by atoms with Crippen molar-refractivity contribution < 1.29 is 23.1 Å². The Bertz CT molecular complexity index is 1140. The summed E-state index contributed by atoms with van der Waals surface area (Å²) in [5.41, 5.74) is 1.07. The van der Waals surface area contributed by atoms with Crippen LogP contribution in [-0.2, 0) is 11.1 Å². The summed E-state index contributed by atoms with van der Waals surface area (Å²) in [5, 5.41) is 9.28. The molecule has 152 valence electrons. The van der Waals surface area contributed by atoms with E-state index in [9.17, 15) is 28.4 Å². The molecule has 0 N–H and O–H groups in total. The Morgan fingerprint density at radius 1 is 1.10 bits per heavy atom. The minimum atomic E-state index is -2.09. The van der Waals surface area contributed by atoms with Crippen molar-refractivity contribution in [2.24, 2.45) is 5.92 Å². The number of hydrogen-bond donors (Lipinski definition) is 0. The highest BCUT2D eigenvalue weighted by atomic mass is 32.2. The van der Waals surface area contributed by atoms with E-state index in [0.29, 0.717) is 31.5 Å². The molecule has 1 aliphatic heterocycles. The molecule has 7 nitrogen and oxygen atoms in total. The van der Waals surface area contributed by atoms with Crippen molar-refractivity contribution in [3.8, 4) is 6.07 Å². The topological polar surface area (TPSA) is 118 Å². The van der Waals surface area contributed by atoms with Gasteiger partial charge in [0.1, 0.15) is 0 Å². The lowest BCUT2D eigenvalue weighted by molar-refractivity contribution is 0.0698. The van der Waals surface area contributed by atoms with Crippen molar-refractivity contribution in [2.45, 2.75) is 12.8 Å². The fraction of sp³-hybridized carbons (Fsp3) is 0.273. The summed E-state index contributed by atoms with van der Waals surface area (Å²) >= 11 is -2.09. The van der Waals surface area contributed by atoms with Gasteiger partial charge < -0.3 is 9.45 Å². The second kappa shape index (κ2) is 7.94. The first-order chi connectivity index (χ1) is 14.4. The van der Waals surface area contributed by atoms with Gasteiger partial charge in [0.05, 0.1) is 17.2 Å². The summed E-state index contributed by atoms with van der Waals surface area (Å²) in [6.45, 7) is 0.887. The molecule has 0 bridgehead atoms. The maximum atomic E-state index is 13.0. The number of nitrogens with zero attached hydrogens (tertiary/aromatic N) is 2. The van der Waals surface area contributed by atoms with Crippen LogP contribution in [0.5, 0.6) is 0 Å². The number of amides is 1. The molecule has 1 unspecified atom stereocenters. The van der Waals surface area contributed by atoms with Crippen LogP contribution in [0.15, 0.2) is 36.4 Å². The highest BCUT2D eigenvalue weighted by Gasteiger charge is 2.33. The number of rotatable bonds is 3. The summed E-state index contributed by atoms with van der Waals surface area (Å²) < 4.78 is 21.7. The zero-order valence-corrected chi connectivity index (χ0v) is 16.7. The second-order valence-electron chi connectivity index (χ2n) is 7.46. The van der Waals surface area contributed by atoms with Crippen LogP contribution in [0, 0.1) is 17.2 Å². The lowest BCUT2D eigenvalue weighted by atomic mass is 9.81. The Balaban J connectivity index is 1.60. The van der Waals surface area contributed by atoms with Crippen molar-refractivity contribution >= 4 is 28.6 Å². The van der Waals surface area contributed by atoms with E-state index in [1.807, 2.05) is 6.07 Å². The molecule has 0 radical (unpaired) electrons. The zero-order valence-electron chi connectivity index (χ0n) is 15.9. The molecule has 1 atom stereocenters. The standard InChI is InChI=1S/C22H18N2O5S/c23-11-15-2-1-3-17-19(15)21(26)16-5-4-14(10-18(16)20(17)25)22(27)24-8-6-13(7-9-24)12-30(28)29/h1-5,10,13H,6-9,12H2,(H,28,29)/p-1. The molecule has 2 aromatic carbocycles. The van der Waals surface area contributed by atoms with E-state index in [2.05, 4.69) is 0 Å². The first-order valence-electron chi connectivity index (χ1n) is 9.52. The highest BCUT2D eigenvalue weighted by Crippen LogP contribution is 2.30. The van der Waals surface area contributed by atoms with Crippen LogP contribution in [0.4, 0.5) is 0 Å². The Morgan fingerprint density at radius 3 is 2.50 bits per heavy atom. The molecule has 0 saturated carbocycles. The van der Waals surface area contributed by atoms with E-state index < -0.39 is 16.9 Å². The number of ketones is 2. The normalized spacial score (nSPS) is 17.1. The third-order valence-corrected chi connectivity index (χ3v) is 6.43. The van der Waals surface area contributed by atoms with E-state index >= 15 is 0 Å². The van der Waals surface area contributed by atoms with Crippen LogP contribution in [-0.4, -0.2) is 50.0 Å². The van der Waals surface area contributed by atoms with Crippen LogP contribution in [0.3, 0.4) is 0 Å². The van der Waals surface area contributed by atoms with Crippen molar-refractivity contribution in [1.29, 1.82) is 5.26 Å². The van der Waals surface area contributed by atoms with Gasteiger partial charge in [-0.05, 0) is 43.0 Å². The van der Waals surface area contributed by atoms with Crippen molar-refractivity contribution in [1.82, 2.24) is 4.90 Å². The largest absolute Gasteiger partial charge is 0.772 e. The molecule has 1 aliphatic carbocycles. The van der Waals surface area contributed by atoms with Gasteiger partial charge in [-0.15, -0.1) is 0 Å². The van der Waals surface area contributed by atoms with Gasteiger partial charge in [-0.25, -0.2) is 0 Å². The van der Waals surface area contributed by atoms with E-state index in [-0.39, 0.29) is 51.2 Å². The Labute approximate surface area is 175 Å². The summed E-state index contributed by atoms with van der Waals surface area (Å²) in [6, 6.07) is 10.9. The fourth-order valence-electron chi connectivity index (χ4n) is 4.10. The predicted octanol–water partition coefficient (Wildman–Crippen LogP) is 2.06. The Kier molecular flexibility index (Phi) is 5.33. The van der Waals surface area contributed by atoms with Crippen LogP contribution in [0.1, 0.15) is 60.6 Å². The molecule has 8 heteroatoms. The lowest BCUT2D eigenvalue weighted by Crippen LogP contribution is -2.39. The summed E-state index contributed by atoms with van der Waals surface area (Å²) in [4.78, 5) is 40.4. The molecule has 30 heavy (non-hydrogen) atoms. The molecule has 4 rings (SSSR count). The molecule has 0 spiro atoms. The number of fused-ring (bicyclic) bond motifs is 2. The molecule has 2 aliphatic rings. The minimum absolute atomic E-state index is 0.0425. The van der Waals surface area contributed by atoms with Crippen molar-refractivity contribution in [2.75, 3.05) is 18.8 Å². The van der Waals surface area contributed by atoms with Gasteiger partial charge in [0.15, 0.2) is 11.6 Å². The summed E-state index contributed by atoms with van der Waals surface area (Å²) in [5.74, 6) is -0.899. The maximum Gasteiger partial charge on any atom is 0.253 e. The highest BCUT2D eigenvalue weighted by molar-refractivity contribution is 7.79. The molecule has 1 amide bonds. The van der Waals surface area contributed by atoms with Gasteiger partial charge in [-0.1, -0.05) is 23.2 Å². The number of nitriles is 1. The van der Waals surface area contributed by atoms with Gasteiger partial charge in [-0.3, -0.25) is 18.6 Å². The molecule has 1 heterocycles. The van der Waals surface area contributed by atoms with Gasteiger partial charge in [0, 0.05) is 41.1 Å². The van der Waals surface area contributed by atoms with E-state index in [1.54, 1.807) is 11.0 Å². The number of likely N-dealkylation sites (tertiary alicyclic amines) is 1. The van der Waals surface area contributed by atoms with Gasteiger partial charge in [-0.2, -0.15) is 5.26 Å². The monoisotopic (exact) mass is 421 g/mol. The summed E-state index contributed by atoms with van der Waals surface area (Å²) in [7, 11) is 0. The van der Waals surface area contributed by atoms with E-state index in [1.165, 1.54) is 30.3 Å². The van der Waals surface area contributed by atoms with Gasteiger partial charge in [0.2, 0.25) is 0 Å². The van der Waals surface area contributed by atoms with Gasteiger partial charge in [0.25, 0.3) is 5.91 Å². The average Bonchev–Trinajstić information content (AvgIpc) is 2.76. The SMILES string of the molecule is N#Cc1cccc2c1C(=O)c1ccc(C(=O)N3CCC(CS(=O)[O-])CC3)cc1C2=O. The third kappa shape index (κ3) is 3.47. The first-order valence-corrected chi connectivity index (χ1v) is 10.8. The van der Waals surface area contributed by atoms with Crippen LogP contribution >= 0.6 is 0 Å². The molecule has 0 aromatic heterocycles. The minimum Gasteiger partial charge on any atom is -0.772 e. The van der Waals surface area contributed by atoms with Crippen LogP contribution < -0.4 is 0 Å². The quantitative estimate of drug-likeness (QED) is 0.597. The number of carbonyl (C=O) groups is 3. The number of benzene rings is 2. The second-order valence-corrected chi connectivity index (χ2v) is 8.41. The van der Waals surface area contributed by atoms with E-state index in [4.69, 9.17) is 0 Å². The lowest BCUT2D eigenvalue weighted by Gasteiger charge is -2.32. The fourth-order valence-corrected chi connectivity index (χ4v) is 4.82. The number of hydrogen-bond acceptors (Lipinski definition) is 6. The number of piperidine rings is 1. The van der Waals surface area contributed by atoms with Crippen LogP contribution in [0.25, 0.3) is 0 Å². The Hall–Kier alpha value is -3.15. The van der Waals surface area contributed by atoms with Gasteiger partial charge >= 0.3 is 0 Å². The van der Waals surface area contributed by atoms with Crippen molar-refractivity contribution in [3.63, 3.8) is 0 Å². The zero-order chi connectivity index (χ0) is 21.4. The number of carbonyl (C=O) groups excluding carboxylic acids is 3. The maximum absolute atomic E-state index is 13.0. The smallest absolute Gasteiger partial charge is 0.253 e. The Morgan fingerprint density at radius 2 is 1.83 bits per heavy atom. The van der Waals surface area contributed by atoms with Crippen molar-refractivity contribution in [3.05, 3.63) is 69.8 Å². The third-order valence-electron chi connectivity index (χ3n) is 5.69. The molecular weight excluding hydrogens is 404 g/mol. The summed E-state index contributed by atoms with van der Waals surface area (Å²) in [6.07, 6.45) is 1.21. The predicted molar refractivity (Wildman–Crippen MR) is 107 cm³/mol. The van der Waals surface area contributed by atoms with Crippen LogP contribution in [0.2, 0.25) is 0 Å². The molecule has 2 aromatic rings. The first kappa shape index (κ1) is 20.1. The average molecular weight is 421 g/mol. The van der Waals surface area contributed by atoms with E-state index in [0.717, 1.165) is 0 Å².